The molecule has 0 amide bonds. The highest BCUT2D eigenvalue weighted by Crippen LogP contribution is 2.06. The molecule has 0 unspecified atom stereocenters. The number of carbonyl (C=O) groups excluding carboxylic acids is 2. The van der Waals surface area contributed by atoms with E-state index in [9.17, 15) is 9.59 Å². The van der Waals surface area contributed by atoms with Crippen LogP contribution in [-0.2, 0) is 47.5 Å². The molecule has 0 aromatic heterocycles. The van der Waals surface area contributed by atoms with Crippen LogP contribution in [-0.4, -0.2) is 103 Å². The first kappa shape index (κ1) is 29.7. The van der Waals surface area contributed by atoms with E-state index in [0.29, 0.717) is 79.3 Å². The minimum absolute atomic E-state index is 0.0826. The van der Waals surface area contributed by atoms with Gasteiger partial charge in [0.15, 0.2) is 0 Å². The van der Waals surface area contributed by atoms with Crippen LogP contribution in [0.4, 0.5) is 0 Å². The summed E-state index contributed by atoms with van der Waals surface area (Å²) < 4.78 is 41.8. The molecule has 0 rings (SSSR count). The van der Waals surface area contributed by atoms with E-state index in [1.165, 1.54) is 0 Å². The third-order valence-electron chi connectivity index (χ3n) is 3.26. The van der Waals surface area contributed by atoms with Gasteiger partial charge in [-0.2, -0.15) is 0 Å². The predicted molar refractivity (Wildman–Crippen MR) is 112 cm³/mol. The van der Waals surface area contributed by atoms with Crippen LogP contribution >= 0.6 is 0 Å². The van der Waals surface area contributed by atoms with E-state index in [0.717, 1.165) is 0 Å². The van der Waals surface area contributed by atoms with Crippen LogP contribution in [0.1, 0.15) is 34.1 Å². The first-order valence-corrected chi connectivity index (χ1v) is 10.7. The van der Waals surface area contributed by atoms with Crippen LogP contribution in [0.2, 0.25) is 0 Å². The van der Waals surface area contributed by atoms with Gasteiger partial charge in [-0.15, -0.1) is 0 Å². The van der Waals surface area contributed by atoms with E-state index in [2.05, 4.69) is 0 Å². The molecule has 0 saturated heterocycles. The summed E-state index contributed by atoms with van der Waals surface area (Å²) in [4.78, 5) is 22.5. The summed E-state index contributed by atoms with van der Waals surface area (Å²) in [5.74, 6) is -0.643. The van der Waals surface area contributed by atoms with Crippen molar-refractivity contribution in [2.24, 2.45) is 0 Å². The highest BCUT2D eigenvalue weighted by molar-refractivity contribution is 5.71. The molecule has 10 nitrogen and oxygen atoms in total. The number of hydrogen-bond acceptors (Lipinski definition) is 10. The van der Waals surface area contributed by atoms with E-state index in [1.54, 1.807) is 6.92 Å². The van der Waals surface area contributed by atoms with Gasteiger partial charge in [-0.3, -0.25) is 4.79 Å². The normalized spacial score (nSPS) is 11.5. The Morgan fingerprint density at radius 1 is 0.581 bits per heavy atom. The molecule has 0 spiro atoms. The molecule has 0 bridgehead atoms. The molecular weight excluding hydrogens is 412 g/mol. The maximum absolute atomic E-state index is 11.4. The summed E-state index contributed by atoms with van der Waals surface area (Å²) >= 11 is 0. The van der Waals surface area contributed by atoms with Crippen LogP contribution in [0.15, 0.2) is 0 Å². The lowest BCUT2D eigenvalue weighted by Gasteiger charge is -2.19. The molecule has 184 valence electrons. The molecule has 10 heteroatoms. The monoisotopic (exact) mass is 452 g/mol. The Balaban J connectivity index is 3.16. The van der Waals surface area contributed by atoms with E-state index in [1.807, 2.05) is 20.8 Å². The fourth-order valence-corrected chi connectivity index (χ4v) is 2.01. The second kappa shape index (κ2) is 20.6. The fourth-order valence-electron chi connectivity index (χ4n) is 2.01. The van der Waals surface area contributed by atoms with Crippen molar-refractivity contribution >= 4 is 11.9 Å². The van der Waals surface area contributed by atoms with Crippen molar-refractivity contribution in [2.75, 3.05) is 85.9 Å². The Kier molecular flexibility index (Phi) is 19.7. The van der Waals surface area contributed by atoms with Crippen molar-refractivity contribution in [1.29, 1.82) is 0 Å². The van der Waals surface area contributed by atoms with Crippen LogP contribution < -0.4 is 0 Å². The SMILES string of the molecule is CCOC(=O)CCOCCOCCOCCOCCOCCOCC(=O)OC(C)(C)C. The van der Waals surface area contributed by atoms with Gasteiger partial charge < -0.3 is 37.9 Å². The van der Waals surface area contributed by atoms with Gasteiger partial charge >= 0.3 is 11.9 Å². The Hall–Kier alpha value is -1.30. The first-order valence-electron chi connectivity index (χ1n) is 10.7. The summed E-state index contributed by atoms with van der Waals surface area (Å²) in [6.45, 7) is 12.2. The molecule has 0 heterocycles. The summed E-state index contributed by atoms with van der Waals surface area (Å²) in [5, 5.41) is 0. The fraction of sp³-hybridized carbons (Fsp3) is 0.905. The molecule has 31 heavy (non-hydrogen) atoms. The largest absolute Gasteiger partial charge is 0.466 e. The smallest absolute Gasteiger partial charge is 0.332 e. The highest BCUT2D eigenvalue weighted by Gasteiger charge is 2.15. The highest BCUT2D eigenvalue weighted by atomic mass is 16.6. The number of hydrogen-bond donors (Lipinski definition) is 0. The van der Waals surface area contributed by atoms with Gasteiger partial charge in [-0.05, 0) is 27.7 Å². The van der Waals surface area contributed by atoms with Gasteiger partial charge in [-0.1, -0.05) is 0 Å². The van der Waals surface area contributed by atoms with E-state index in [-0.39, 0.29) is 25.0 Å². The third-order valence-corrected chi connectivity index (χ3v) is 3.26. The molecule has 0 aliphatic carbocycles. The number of carbonyl (C=O) groups is 2. The molecule has 0 N–H and O–H groups in total. The summed E-state index contributed by atoms with van der Waals surface area (Å²) in [6.07, 6.45) is 0.254. The Bertz CT molecular complexity index is 436. The van der Waals surface area contributed by atoms with E-state index < -0.39 is 5.60 Å². The standard InChI is InChI=1S/C21H40O10/c1-5-30-19(22)6-7-24-8-9-25-10-11-26-12-13-27-14-15-28-16-17-29-18-20(23)31-21(2,3)4/h5-18H2,1-4H3. The topological polar surface area (TPSA) is 108 Å². The molecule has 0 atom stereocenters. The molecule has 0 aromatic rings. The molecule has 0 saturated carbocycles. The number of esters is 2. The predicted octanol–water partition coefficient (Wildman–Crippen LogP) is 1.38. The average molecular weight is 453 g/mol. The lowest BCUT2D eigenvalue weighted by molar-refractivity contribution is -0.160. The molecule has 0 fully saturated rings. The van der Waals surface area contributed by atoms with Crippen LogP contribution in [0.5, 0.6) is 0 Å². The minimum Gasteiger partial charge on any atom is -0.466 e. The van der Waals surface area contributed by atoms with Crippen molar-refractivity contribution in [2.45, 2.75) is 39.7 Å². The number of rotatable bonds is 21. The second-order valence-electron chi connectivity index (χ2n) is 7.26. The Morgan fingerprint density at radius 2 is 0.968 bits per heavy atom. The minimum atomic E-state index is -0.507. The van der Waals surface area contributed by atoms with E-state index in [4.69, 9.17) is 37.9 Å². The molecule has 0 radical (unpaired) electrons. The van der Waals surface area contributed by atoms with Crippen molar-refractivity contribution in [1.82, 2.24) is 0 Å². The van der Waals surface area contributed by atoms with Crippen LogP contribution in [0.25, 0.3) is 0 Å². The van der Waals surface area contributed by atoms with Gasteiger partial charge in [0, 0.05) is 0 Å². The zero-order valence-corrected chi connectivity index (χ0v) is 19.5. The zero-order chi connectivity index (χ0) is 23.2. The van der Waals surface area contributed by atoms with Crippen molar-refractivity contribution in [3.63, 3.8) is 0 Å². The molecule has 0 aromatic carbocycles. The Morgan fingerprint density at radius 3 is 1.35 bits per heavy atom. The van der Waals surface area contributed by atoms with Gasteiger partial charge in [-0.25, -0.2) is 4.79 Å². The van der Waals surface area contributed by atoms with Gasteiger partial charge in [0.05, 0.1) is 85.7 Å². The van der Waals surface area contributed by atoms with Crippen LogP contribution in [0.3, 0.4) is 0 Å². The second-order valence-corrected chi connectivity index (χ2v) is 7.26. The van der Waals surface area contributed by atoms with Crippen molar-refractivity contribution in [3.8, 4) is 0 Å². The lowest BCUT2D eigenvalue weighted by atomic mass is 10.2. The average Bonchev–Trinajstić information content (AvgIpc) is 2.68. The maximum atomic E-state index is 11.4. The van der Waals surface area contributed by atoms with Crippen molar-refractivity contribution < 1.29 is 47.5 Å². The third kappa shape index (κ3) is 24.8. The summed E-state index contributed by atoms with van der Waals surface area (Å²) in [5.41, 5.74) is -0.507. The van der Waals surface area contributed by atoms with Crippen molar-refractivity contribution in [3.05, 3.63) is 0 Å². The number of ether oxygens (including phenoxy) is 8. The van der Waals surface area contributed by atoms with Crippen LogP contribution in [0, 0.1) is 0 Å². The van der Waals surface area contributed by atoms with Gasteiger partial charge in [0.25, 0.3) is 0 Å². The van der Waals surface area contributed by atoms with E-state index >= 15 is 0 Å². The maximum Gasteiger partial charge on any atom is 0.332 e. The molecule has 0 aliphatic rings. The quantitative estimate of drug-likeness (QED) is 0.187. The summed E-state index contributed by atoms with van der Waals surface area (Å²) in [7, 11) is 0. The lowest BCUT2D eigenvalue weighted by Crippen LogP contribution is -2.27. The van der Waals surface area contributed by atoms with Gasteiger partial charge in [0.2, 0.25) is 0 Å². The molecule has 0 aliphatic heterocycles. The van der Waals surface area contributed by atoms with Gasteiger partial charge in [0.1, 0.15) is 12.2 Å². The zero-order valence-electron chi connectivity index (χ0n) is 19.5. The molecular formula is C21H40O10. The Labute approximate surface area is 185 Å². The summed E-state index contributed by atoms with van der Waals surface area (Å²) in [6, 6.07) is 0. The first-order chi connectivity index (χ1) is 14.8.